The van der Waals surface area contributed by atoms with Gasteiger partial charge in [-0.3, -0.25) is 14.5 Å². The maximum absolute atomic E-state index is 13.3. The highest BCUT2D eigenvalue weighted by Crippen LogP contribution is 2.28. The molecule has 2 amide bonds. The van der Waals surface area contributed by atoms with Crippen molar-refractivity contribution in [3.05, 3.63) is 29.3 Å². The summed E-state index contributed by atoms with van der Waals surface area (Å²) in [5, 5.41) is 16.6. The number of benzene rings is 1. The zero-order valence-corrected chi connectivity index (χ0v) is 20.8. The van der Waals surface area contributed by atoms with Crippen molar-refractivity contribution >= 4 is 11.8 Å². The first-order valence-corrected chi connectivity index (χ1v) is 12.7. The Morgan fingerprint density at radius 1 is 1.12 bits per heavy atom. The standard InChI is InChI=1S/C26H39N3O5/c1-15(2)17-5-7-20-23(11-17)33-10-9-19-6-8-22(30)24(34-19)13-27-26(32)21-12-18(28-25(20)31)14-29(21)16(3)4/h5,7,11,15-16,18-19,21-22,24,30H,6,8-10,12-14H2,1-4H3,(H,27,32)(H,28,31)/t18-,19-,21-,22-,24+/m0/s1. The summed E-state index contributed by atoms with van der Waals surface area (Å²) < 4.78 is 12.3. The second-order valence-corrected chi connectivity index (χ2v) is 10.4. The number of nitrogens with one attached hydrogen (secondary N) is 2. The normalized spacial score (nSPS) is 31.1. The lowest BCUT2D eigenvalue weighted by molar-refractivity contribution is -0.134. The second kappa shape index (κ2) is 10.6. The smallest absolute Gasteiger partial charge is 0.255 e. The minimum atomic E-state index is -0.595. The number of carbonyl (C=O) groups excluding carboxylic acids is 2. The average molecular weight is 474 g/mol. The molecular formula is C26H39N3O5. The molecule has 0 saturated carbocycles. The number of rotatable bonds is 2. The Hall–Kier alpha value is -2.16. The van der Waals surface area contributed by atoms with E-state index < -0.39 is 12.2 Å². The van der Waals surface area contributed by atoms with Gasteiger partial charge in [-0.15, -0.1) is 0 Å². The zero-order valence-electron chi connectivity index (χ0n) is 20.8. The monoisotopic (exact) mass is 473 g/mol. The lowest BCUT2D eigenvalue weighted by Gasteiger charge is -2.35. The van der Waals surface area contributed by atoms with Crippen molar-refractivity contribution in [3.8, 4) is 5.75 Å². The Labute approximate surface area is 202 Å². The molecule has 2 fully saturated rings. The van der Waals surface area contributed by atoms with Crippen LogP contribution in [0.15, 0.2) is 18.2 Å². The zero-order chi connectivity index (χ0) is 24.4. The first kappa shape index (κ1) is 24.9. The van der Waals surface area contributed by atoms with Gasteiger partial charge in [0.1, 0.15) is 11.9 Å². The maximum Gasteiger partial charge on any atom is 0.255 e. The molecular weight excluding hydrogens is 434 g/mol. The molecule has 5 atom stereocenters. The highest BCUT2D eigenvalue weighted by atomic mass is 16.5. The highest BCUT2D eigenvalue weighted by molar-refractivity contribution is 5.97. The molecule has 8 heteroatoms. The van der Waals surface area contributed by atoms with E-state index in [1.165, 1.54) is 0 Å². The predicted octanol–water partition coefficient (Wildman–Crippen LogP) is 2.20. The van der Waals surface area contributed by atoms with Gasteiger partial charge in [0.15, 0.2) is 0 Å². The number of aliphatic hydroxyl groups excluding tert-OH is 1. The number of ether oxygens (including phenoxy) is 2. The van der Waals surface area contributed by atoms with Crippen LogP contribution in [0.2, 0.25) is 0 Å². The first-order valence-electron chi connectivity index (χ1n) is 12.7. The summed E-state index contributed by atoms with van der Waals surface area (Å²) in [4.78, 5) is 28.5. The molecule has 3 aliphatic heterocycles. The fraction of sp³-hybridized carbons (Fsp3) is 0.692. The van der Waals surface area contributed by atoms with Gasteiger partial charge in [0, 0.05) is 31.6 Å². The van der Waals surface area contributed by atoms with E-state index in [9.17, 15) is 14.7 Å². The van der Waals surface area contributed by atoms with Gasteiger partial charge in [-0.05, 0) is 56.7 Å². The topological polar surface area (TPSA) is 100 Å². The van der Waals surface area contributed by atoms with Crippen molar-refractivity contribution in [2.24, 2.45) is 0 Å². The molecule has 4 bridgehead atoms. The average Bonchev–Trinajstić information content (AvgIpc) is 3.22. The minimum absolute atomic E-state index is 0.0632. The highest BCUT2D eigenvalue weighted by Gasteiger charge is 2.40. The molecule has 1 aromatic rings. The number of hydrogen-bond acceptors (Lipinski definition) is 6. The molecule has 34 heavy (non-hydrogen) atoms. The van der Waals surface area contributed by atoms with Crippen molar-refractivity contribution in [3.63, 3.8) is 0 Å². The number of amides is 2. The van der Waals surface area contributed by atoms with E-state index in [4.69, 9.17) is 9.47 Å². The van der Waals surface area contributed by atoms with Gasteiger partial charge >= 0.3 is 0 Å². The van der Waals surface area contributed by atoms with E-state index in [2.05, 4.69) is 43.2 Å². The number of likely N-dealkylation sites (tertiary alicyclic amines) is 1. The minimum Gasteiger partial charge on any atom is -0.493 e. The largest absolute Gasteiger partial charge is 0.493 e. The quantitative estimate of drug-likeness (QED) is 0.609. The lowest BCUT2D eigenvalue weighted by Crippen LogP contribution is -2.51. The van der Waals surface area contributed by atoms with Gasteiger partial charge in [0.2, 0.25) is 5.91 Å². The van der Waals surface area contributed by atoms with E-state index in [1.54, 1.807) is 0 Å². The maximum atomic E-state index is 13.3. The number of carbonyl (C=O) groups is 2. The van der Waals surface area contributed by atoms with Gasteiger partial charge in [-0.25, -0.2) is 0 Å². The first-order chi connectivity index (χ1) is 16.2. The summed E-state index contributed by atoms with van der Waals surface area (Å²) in [6.45, 7) is 9.63. The molecule has 188 valence electrons. The van der Waals surface area contributed by atoms with E-state index in [0.29, 0.717) is 49.6 Å². The molecule has 8 nitrogen and oxygen atoms in total. The fourth-order valence-electron chi connectivity index (χ4n) is 5.23. The van der Waals surface area contributed by atoms with Crippen LogP contribution in [-0.2, 0) is 9.53 Å². The van der Waals surface area contributed by atoms with Crippen LogP contribution in [0.1, 0.15) is 75.2 Å². The SMILES string of the molecule is CC(C)c1ccc2c(c1)OCC[C@@H]1CC[C@H](O)[C@@H](CNC(=O)[C@@H]3C[C@@H](CN3C(C)C)NC2=O)O1. The van der Waals surface area contributed by atoms with Crippen LogP contribution < -0.4 is 15.4 Å². The van der Waals surface area contributed by atoms with E-state index in [1.807, 2.05) is 18.2 Å². The van der Waals surface area contributed by atoms with Crippen molar-refractivity contribution in [1.29, 1.82) is 0 Å². The Balaban J connectivity index is 1.62. The predicted molar refractivity (Wildman–Crippen MR) is 129 cm³/mol. The second-order valence-electron chi connectivity index (χ2n) is 10.4. The molecule has 3 heterocycles. The summed E-state index contributed by atoms with van der Waals surface area (Å²) in [7, 11) is 0. The van der Waals surface area contributed by atoms with Gasteiger partial charge in [0.25, 0.3) is 5.91 Å². The molecule has 0 aliphatic carbocycles. The molecule has 3 N–H and O–H groups in total. The van der Waals surface area contributed by atoms with Crippen molar-refractivity contribution in [2.45, 2.75) is 95.7 Å². The molecule has 0 radical (unpaired) electrons. The Morgan fingerprint density at radius 2 is 1.91 bits per heavy atom. The molecule has 4 rings (SSSR count). The third-order valence-corrected chi connectivity index (χ3v) is 7.31. The summed E-state index contributed by atoms with van der Waals surface area (Å²) in [6, 6.07) is 5.45. The van der Waals surface area contributed by atoms with Crippen LogP contribution in [0.4, 0.5) is 0 Å². The van der Waals surface area contributed by atoms with Gasteiger partial charge in [-0.1, -0.05) is 19.9 Å². The fourth-order valence-corrected chi connectivity index (χ4v) is 5.23. The van der Waals surface area contributed by atoms with Gasteiger partial charge < -0.3 is 25.2 Å². The summed E-state index contributed by atoms with van der Waals surface area (Å²) in [5.41, 5.74) is 1.62. The van der Waals surface area contributed by atoms with E-state index in [0.717, 1.165) is 12.0 Å². The molecule has 0 unspecified atom stereocenters. The lowest BCUT2D eigenvalue weighted by atomic mass is 9.99. The van der Waals surface area contributed by atoms with Crippen LogP contribution >= 0.6 is 0 Å². The Bertz CT molecular complexity index is 889. The summed E-state index contributed by atoms with van der Waals surface area (Å²) in [5.74, 6) is 0.635. The van der Waals surface area contributed by atoms with Crippen LogP contribution in [0, 0.1) is 0 Å². The van der Waals surface area contributed by atoms with E-state index >= 15 is 0 Å². The third kappa shape index (κ3) is 5.56. The van der Waals surface area contributed by atoms with Gasteiger partial charge in [0.05, 0.1) is 30.4 Å². The number of hydrogen-bond donors (Lipinski definition) is 3. The number of fused-ring (bicyclic) bond motifs is 5. The van der Waals surface area contributed by atoms with Crippen molar-refractivity contribution < 1.29 is 24.2 Å². The Kier molecular flexibility index (Phi) is 7.80. The van der Waals surface area contributed by atoms with Crippen LogP contribution in [0.3, 0.4) is 0 Å². The van der Waals surface area contributed by atoms with Crippen LogP contribution in [0.5, 0.6) is 5.75 Å². The van der Waals surface area contributed by atoms with Gasteiger partial charge in [-0.2, -0.15) is 0 Å². The van der Waals surface area contributed by atoms with E-state index in [-0.39, 0.29) is 42.6 Å². The van der Waals surface area contributed by atoms with Crippen molar-refractivity contribution in [1.82, 2.24) is 15.5 Å². The molecule has 0 spiro atoms. The van der Waals surface area contributed by atoms with Crippen LogP contribution in [0.25, 0.3) is 0 Å². The summed E-state index contributed by atoms with van der Waals surface area (Å²) >= 11 is 0. The molecule has 0 aromatic heterocycles. The van der Waals surface area contributed by atoms with Crippen molar-refractivity contribution in [2.75, 3.05) is 19.7 Å². The van der Waals surface area contributed by atoms with Crippen LogP contribution in [-0.4, -0.2) is 78.0 Å². The Morgan fingerprint density at radius 3 is 2.65 bits per heavy atom. The molecule has 3 aliphatic rings. The number of nitrogens with zero attached hydrogens (tertiary/aromatic N) is 1. The summed E-state index contributed by atoms with van der Waals surface area (Å²) in [6.07, 6.45) is 1.46. The molecule has 2 saturated heterocycles. The molecule has 1 aromatic carbocycles. The third-order valence-electron chi connectivity index (χ3n) is 7.31. The number of aliphatic hydroxyl groups is 1.